The molecule has 0 heterocycles. The van der Waals surface area contributed by atoms with Crippen molar-refractivity contribution in [3.63, 3.8) is 0 Å². The molecule has 0 atom stereocenters. The van der Waals surface area contributed by atoms with Gasteiger partial charge in [-0.1, -0.05) is 267 Å². The van der Waals surface area contributed by atoms with Crippen molar-refractivity contribution in [2.45, 2.75) is 6.42 Å². The van der Waals surface area contributed by atoms with Crippen LogP contribution < -0.4 is 0 Å². The number of hydrogen-bond donors (Lipinski definition) is 0. The van der Waals surface area contributed by atoms with Gasteiger partial charge in [-0.15, -0.1) is 0 Å². The van der Waals surface area contributed by atoms with Crippen molar-refractivity contribution in [2.75, 3.05) is 0 Å². The maximum absolute atomic E-state index is 2.48. The zero-order chi connectivity index (χ0) is 50.3. The van der Waals surface area contributed by atoms with Crippen molar-refractivity contribution in [3.05, 3.63) is 278 Å². The lowest BCUT2D eigenvalue weighted by Crippen LogP contribution is -1.93. The number of benzene rings is 14. The lowest BCUT2D eigenvalue weighted by Gasteiger charge is -2.20. The maximum Gasteiger partial charge on any atom is -0.000741 e. The highest BCUT2D eigenvalue weighted by Crippen LogP contribution is 2.61. The van der Waals surface area contributed by atoms with Crippen molar-refractivity contribution < 1.29 is 0 Å². The van der Waals surface area contributed by atoms with Crippen molar-refractivity contribution in [2.24, 2.45) is 0 Å². The Kier molecular flexibility index (Phi) is 9.00. The topological polar surface area (TPSA) is 0 Å². The average Bonchev–Trinajstić information content (AvgIpc) is 4.24. The molecule has 17 rings (SSSR count). The third-order valence-electron chi connectivity index (χ3n) is 17.3. The molecule has 14 aromatic rings. The summed E-state index contributed by atoms with van der Waals surface area (Å²) in [5, 5.41) is 10.4. The van der Waals surface area contributed by atoms with Crippen LogP contribution in [0.25, 0.3) is 165 Å². The minimum atomic E-state index is 0.896. The van der Waals surface area contributed by atoms with E-state index < -0.39 is 0 Å². The second kappa shape index (κ2) is 16.3. The Balaban J connectivity index is 0.786. The molecule has 0 heteroatoms. The lowest BCUT2D eigenvalue weighted by atomic mass is 9.82. The molecule has 0 aliphatic heterocycles. The normalized spacial score (nSPS) is 12.4. The molecule has 0 saturated carbocycles. The van der Waals surface area contributed by atoms with Gasteiger partial charge in [-0.05, 0) is 183 Å². The molecule has 0 nitrogen and oxygen atoms in total. The second-order valence-electron chi connectivity index (χ2n) is 21.3. The summed E-state index contributed by atoms with van der Waals surface area (Å²) in [5.41, 5.74) is 31.3. The summed E-state index contributed by atoms with van der Waals surface area (Å²) in [6.07, 6.45) is 0.896. The SMILES string of the molecule is c1ccc(-c2c3c(c(-c4ccccc4)c4ccccc24)-c2ccc(-c4ccc5c(c4)Cc4cc(-c6ccc7c8c(cccc68)-c6c-7c(-c7ccccc7)c7ccccc7c6-c6ccccc6)ccc4-5)c4cccc-3c24)cc1. The van der Waals surface area contributed by atoms with Gasteiger partial charge in [0.05, 0.1) is 0 Å². The maximum atomic E-state index is 2.48. The standard InChI is InChI=1S/C77H46/c1-5-19-46(20-6-1)68-60-27-13-15-29-62(60)70(48-23-9-3-10-24-48)76-66-41-39-54(58-31-17-33-64(72(58)66)74(68)76)50-35-37-56-52(43-50)45-53-44-51(36-38-57(53)56)55-40-42-67-73-59(55)32-18-34-65(73)75-69(47-21-7-2-8-22-47)61-28-14-16-30-63(61)71(77(67)75)49-25-11-4-12-26-49/h1-44H,45H2. The fraction of sp³-hybridized carbons (Fsp3) is 0.0130. The summed E-state index contributed by atoms with van der Waals surface area (Å²) in [5.74, 6) is 0. The molecule has 0 amide bonds. The third-order valence-corrected chi connectivity index (χ3v) is 17.3. The molecule has 0 bridgehead atoms. The molecule has 0 fully saturated rings. The predicted octanol–water partition coefficient (Wildman–Crippen LogP) is 21.2. The Labute approximate surface area is 447 Å². The van der Waals surface area contributed by atoms with Crippen LogP contribution in [-0.2, 0) is 6.42 Å². The molecule has 0 radical (unpaired) electrons. The van der Waals surface area contributed by atoms with E-state index in [2.05, 4.69) is 267 Å². The molecule has 3 aliphatic carbocycles. The van der Waals surface area contributed by atoms with Crippen LogP contribution in [0.15, 0.2) is 267 Å². The Morgan fingerprint density at radius 2 is 0.442 bits per heavy atom. The minimum absolute atomic E-state index is 0.896. The van der Waals surface area contributed by atoms with Crippen LogP contribution >= 0.6 is 0 Å². The van der Waals surface area contributed by atoms with E-state index in [0.29, 0.717) is 0 Å². The molecular formula is C77H46. The van der Waals surface area contributed by atoms with Crippen LogP contribution in [0.1, 0.15) is 11.1 Å². The smallest absolute Gasteiger partial charge is 0.000741 e. The predicted molar refractivity (Wildman–Crippen MR) is 326 cm³/mol. The Morgan fingerprint density at radius 1 is 0.169 bits per heavy atom. The monoisotopic (exact) mass is 970 g/mol. The Bertz CT molecular complexity index is 4340. The molecule has 0 saturated heterocycles. The fourth-order valence-corrected chi connectivity index (χ4v) is 14.3. The Morgan fingerprint density at radius 3 is 0.779 bits per heavy atom. The van der Waals surface area contributed by atoms with Gasteiger partial charge < -0.3 is 0 Å². The largest absolute Gasteiger partial charge is 0.0622 e. The van der Waals surface area contributed by atoms with E-state index in [4.69, 9.17) is 0 Å². The number of rotatable bonds is 6. The van der Waals surface area contributed by atoms with Gasteiger partial charge in [-0.25, -0.2) is 0 Å². The molecule has 14 aromatic carbocycles. The first-order valence-corrected chi connectivity index (χ1v) is 27.0. The minimum Gasteiger partial charge on any atom is -0.0622 e. The fourth-order valence-electron chi connectivity index (χ4n) is 14.3. The number of hydrogen-bond acceptors (Lipinski definition) is 0. The third kappa shape index (κ3) is 6.04. The van der Waals surface area contributed by atoms with Crippen molar-refractivity contribution in [1.29, 1.82) is 0 Å². The van der Waals surface area contributed by atoms with Crippen LogP contribution in [0.3, 0.4) is 0 Å². The van der Waals surface area contributed by atoms with Gasteiger partial charge in [0.1, 0.15) is 0 Å². The molecule has 0 spiro atoms. The zero-order valence-electron chi connectivity index (χ0n) is 42.1. The molecule has 354 valence electrons. The first kappa shape index (κ1) is 42.5. The van der Waals surface area contributed by atoms with Crippen LogP contribution in [-0.4, -0.2) is 0 Å². The highest BCUT2D eigenvalue weighted by molar-refractivity contribution is 6.30. The average molecular weight is 971 g/mol. The van der Waals surface area contributed by atoms with Crippen LogP contribution in [0.2, 0.25) is 0 Å². The van der Waals surface area contributed by atoms with Crippen LogP contribution in [0.5, 0.6) is 0 Å². The van der Waals surface area contributed by atoms with E-state index >= 15 is 0 Å². The summed E-state index contributed by atoms with van der Waals surface area (Å²) in [4.78, 5) is 0. The highest BCUT2D eigenvalue weighted by atomic mass is 14.4. The molecule has 77 heavy (non-hydrogen) atoms. The van der Waals surface area contributed by atoms with Gasteiger partial charge in [-0.3, -0.25) is 0 Å². The van der Waals surface area contributed by atoms with Crippen LogP contribution in [0, 0.1) is 0 Å². The molecule has 0 unspecified atom stereocenters. The number of fused-ring (bicyclic) bond motifs is 11. The van der Waals surface area contributed by atoms with E-state index in [1.807, 2.05) is 0 Å². The zero-order valence-corrected chi connectivity index (χ0v) is 42.1. The molecular weight excluding hydrogens is 925 g/mol. The second-order valence-corrected chi connectivity index (χ2v) is 21.3. The van der Waals surface area contributed by atoms with Crippen LogP contribution in [0.4, 0.5) is 0 Å². The summed E-state index contributed by atoms with van der Waals surface area (Å²) in [6.45, 7) is 0. The van der Waals surface area contributed by atoms with Crippen molar-refractivity contribution >= 4 is 43.1 Å². The molecule has 0 aromatic heterocycles. The first-order chi connectivity index (χ1) is 38.2. The van der Waals surface area contributed by atoms with Crippen molar-refractivity contribution in [3.8, 4) is 122 Å². The van der Waals surface area contributed by atoms with E-state index in [1.165, 1.54) is 177 Å². The summed E-state index contributed by atoms with van der Waals surface area (Å²) in [6, 6.07) is 100. The van der Waals surface area contributed by atoms with E-state index in [-0.39, 0.29) is 0 Å². The Hall–Kier alpha value is -9.88. The molecule has 0 N–H and O–H groups in total. The molecule has 3 aliphatic rings. The van der Waals surface area contributed by atoms with Gasteiger partial charge in [0.15, 0.2) is 0 Å². The summed E-state index contributed by atoms with van der Waals surface area (Å²) >= 11 is 0. The van der Waals surface area contributed by atoms with Gasteiger partial charge in [-0.2, -0.15) is 0 Å². The lowest BCUT2D eigenvalue weighted by molar-refractivity contribution is 1.26. The quantitative estimate of drug-likeness (QED) is 0.156. The van der Waals surface area contributed by atoms with Gasteiger partial charge in [0.25, 0.3) is 0 Å². The summed E-state index contributed by atoms with van der Waals surface area (Å²) in [7, 11) is 0. The van der Waals surface area contributed by atoms with Crippen molar-refractivity contribution in [1.82, 2.24) is 0 Å². The van der Waals surface area contributed by atoms with E-state index in [9.17, 15) is 0 Å². The van der Waals surface area contributed by atoms with Gasteiger partial charge in [0.2, 0.25) is 0 Å². The van der Waals surface area contributed by atoms with E-state index in [1.54, 1.807) is 0 Å². The first-order valence-electron chi connectivity index (χ1n) is 27.0. The highest BCUT2D eigenvalue weighted by Gasteiger charge is 2.34. The van der Waals surface area contributed by atoms with E-state index in [0.717, 1.165) is 6.42 Å². The van der Waals surface area contributed by atoms with Gasteiger partial charge in [0, 0.05) is 0 Å². The summed E-state index contributed by atoms with van der Waals surface area (Å²) < 4.78 is 0. The van der Waals surface area contributed by atoms with Gasteiger partial charge >= 0.3 is 0 Å².